The van der Waals surface area contributed by atoms with Gasteiger partial charge >= 0.3 is 0 Å². The second-order valence-electron chi connectivity index (χ2n) is 7.51. The predicted molar refractivity (Wildman–Crippen MR) is 107 cm³/mol. The molecule has 0 N–H and O–H groups in total. The van der Waals surface area contributed by atoms with E-state index >= 15 is 0 Å². The molecule has 1 aromatic carbocycles. The van der Waals surface area contributed by atoms with E-state index < -0.39 is 0 Å². The molecule has 0 aliphatic carbocycles. The van der Waals surface area contributed by atoms with Gasteiger partial charge in [0.2, 0.25) is 0 Å². The number of ether oxygens (including phenoxy) is 1. The molecule has 1 aliphatic heterocycles. The van der Waals surface area contributed by atoms with Crippen LogP contribution in [0.15, 0.2) is 24.3 Å². The maximum atomic E-state index is 12.8. The number of aromatic nitrogens is 1. The first-order valence-corrected chi connectivity index (χ1v) is 9.75. The van der Waals surface area contributed by atoms with Gasteiger partial charge in [0.1, 0.15) is 5.82 Å². The van der Waals surface area contributed by atoms with Gasteiger partial charge < -0.3 is 9.64 Å². The van der Waals surface area contributed by atoms with Crippen molar-refractivity contribution in [1.82, 2.24) is 4.98 Å². The molecule has 4 heteroatoms. The average Bonchev–Trinajstić information content (AvgIpc) is 2.66. The van der Waals surface area contributed by atoms with Gasteiger partial charge in [-0.25, -0.2) is 4.98 Å². The number of hydrogen-bond acceptors (Lipinski definition) is 4. The van der Waals surface area contributed by atoms with Crippen molar-refractivity contribution in [2.45, 2.75) is 52.1 Å². The minimum atomic E-state index is 0.00775. The Labute approximate surface area is 156 Å². The van der Waals surface area contributed by atoms with Gasteiger partial charge in [-0.15, -0.1) is 0 Å². The highest BCUT2D eigenvalue weighted by molar-refractivity contribution is 6.00. The SMILES string of the molecule is CCC(CCC(C)C(=O)c1ccc2nc3c(cc2c1)CCCN3C)OC. The summed E-state index contributed by atoms with van der Waals surface area (Å²) in [6.45, 7) is 5.20. The molecule has 1 aromatic heterocycles. The molecule has 2 unspecified atom stereocenters. The Morgan fingerprint density at radius 2 is 2.12 bits per heavy atom. The van der Waals surface area contributed by atoms with Crippen molar-refractivity contribution < 1.29 is 9.53 Å². The molecule has 1 aliphatic rings. The van der Waals surface area contributed by atoms with Crippen molar-refractivity contribution in [3.8, 4) is 0 Å². The largest absolute Gasteiger partial charge is 0.381 e. The number of benzene rings is 1. The lowest BCUT2D eigenvalue weighted by Gasteiger charge is -2.26. The van der Waals surface area contributed by atoms with Crippen molar-refractivity contribution in [3.63, 3.8) is 0 Å². The smallest absolute Gasteiger partial charge is 0.165 e. The van der Waals surface area contributed by atoms with Gasteiger partial charge in [0.15, 0.2) is 5.78 Å². The van der Waals surface area contributed by atoms with E-state index in [1.165, 1.54) is 5.56 Å². The number of ketones is 1. The topological polar surface area (TPSA) is 42.4 Å². The van der Waals surface area contributed by atoms with Crippen molar-refractivity contribution >= 4 is 22.5 Å². The average molecular weight is 354 g/mol. The van der Waals surface area contributed by atoms with Crippen molar-refractivity contribution in [2.24, 2.45) is 5.92 Å². The lowest BCUT2D eigenvalue weighted by atomic mass is 9.92. The molecule has 4 nitrogen and oxygen atoms in total. The van der Waals surface area contributed by atoms with E-state index in [2.05, 4.69) is 24.9 Å². The van der Waals surface area contributed by atoms with Crippen LogP contribution in [-0.2, 0) is 11.2 Å². The van der Waals surface area contributed by atoms with Gasteiger partial charge in [-0.3, -0.25) is 4.79 Å². The molecule has 3 rings (SSSR count). The molecule has 140 valence electrons. The third-order valence-electron chi connectivity index (χ3n) is 5.61. The second kappa shape index (κ2) is 8.17. The van der Waals surface area contributed by atoms with Crippen molar-refractivity contribution in [1.29, 1.82) is 0 Å². The number of Topliss-reactive ketones (excluding diaryl/α,β-unsaturated/α-hetero) is 1. The van der Waals surface area contributed by atoms with Crippen LogP contribution in [0.25, 0.3) is 10.9 Å². The monoisotopic (exact) mass is 354 g/mol. The molecular formula is C22H30N2O2. The maximum absolute atomic E-state index is 12.8. The molecule has 2 atom stereocenters. The summed E-state index contributed by atoms with van der Waals surface area (Å²) < 4.78 is 5.43. The number of nitrogens with zero attached hydrogens (tertiary/aromatic N) is 2. The lowest BCUT2D eigenvalue weighted by Crippen LogP contribution is -2.25. The predicted octanol–water partition coefficient (Wildman–Crippen LogP) is 4.64. The summed E-state index contributed by atoms with van der Waals surface area (Å²) in [6, 6.07) is 8.15. The van der Waals surface area contributed by atoms with E-state index in [9.17, 15) is 4.79 Å². The Morgan fingerprint density at radius 1 is 1.31 bits per heavy atom. The summed E-state index contributed by atoms with van der Waals surface area (Å²) in [6.07, 6.45) is 5.23. The summed E-state index contributed by atoms with van der Waals surface area (Å²) in [7, 11) is 3.84. The fourth-order valence-corrected chi connectivity index (χ4v) is 3.83. The van der Waals surface area contributed by atoms with Gasteiger partial charge in [0.25, 0.3) is 0 Å². The summed E-state index contributed by atoms with van der Waals surface area (Å²) in [4.78, 5) is 19.9. The van der Waals surface area contributed by atoms with E-state index in [4.69, 9.17) is 9.72 Å². The minimum Gasteiger partial charge on any atom is -0.381 e. The quantitative estimate of drug-likeness (QED) is 0.679. The molecule has 0 bridgehead atoms. The molecular weight excluding hydrogens is 324 g/mol. The van der Waals surface area contributed by atoms with Crippen LogP contribution in [0, 0.1) is 5.92 Å². The number of methoxy groups -OCH3 is 1. The molecule has 0 fully saturated rings. The van der Waals surface area contributed by atoms with Crippen molar-refractivity contribution in [2.75, 3.05) is 25.6 Å². The summed E-state index contributed by atoms with van der Waals surface area (Å²) >= 11 is 0. The van der Waals surface area contributed by atoms with Crippen LogP contribution in [0.1, 0.15) is 55.5 Å². The number of carbonyl (C=O) groups excluding carboxylic acids is 1. The van der Waals surface area contributed by atoms with Gasteiger partial charge in [0, 0.05) is 37.6 Å². The molecule has 26 heavy (non-hydrogen) atoms. The molecule has 2 heterocycles. The summed E-state index contributed by atoms with van der Waals surface area (Å²) in [5.41, 5.74) is 3.04. The number of carbonyl (C=O) groups is 1. The van der Waals surface area contributed by atoms with Crippen LogP contribution < -0.4 is 4.90 Å². The number of fused-ring (bicyclic) bond motifs is 2. The van der Waals surface area contributed by atoms with E-state index in [-0.39, 0.29) is 17.8 Å². The highest BCUT2D eigenvalue weighted by Gasteiger charge is 2.19. The third kappa shape index (κ3) is 3.90. The van der Waals surface area contributed by atoms with Crippen LogP contribution >= 0.6 is 0 Å². The first kappa shape index (κ1) is 18.8. The number of aryl methyl sites for hydroxylation is 1. The molecule has 0 saturated carbocycles. The van der Waals surface area contributed by atoms with Gasteiger partial charge in [-0.05, 0) is 61.9 Å². The van der Waals surface area contributed by atoms with Gasteiger partial charge in [-0.1, -0.05) is 13.8 Å². The van der Waals surface area contributed by atoms with Crippen LogP contribution in [-0.4, -0.2) is 37.6 Å². The zero-order valence-corrected chi connectivity index (χ0v) is 16.4. The fourth-order valence-electron chi connectivity index (χ4n) is 3.83. The molecule has 0 amide bonds. The van der Waals surface area contributed by atoms with E-state index in [1.807, 2.05) is 25.1 Å². The number of rotatable bonds is 7. The second-order valence-corrected chi connectivity index (χ2v) is 7.51. The first-order chi connectivity index (χ1) is 12.5. The van der Waals surface area contributed by atoms with Gasteiger partial charge in [-0.2, -0.15) is 0 Å². The first-order valence-electron chi connectivity index (χ1n) is 9.75. The standard InChI is InChI=1S/C22H30N2O2/c1-5-19(26-4)10-8-15(2)21(25)16-9-11-20-18(13-16)14-17-7-6-12-24(3)22(17)23-20/h9,11,13-15,19H,5-8,10,12H2,1-4H3. The Morgan fingerprint density at radius 3 is 2.85 bits per heavy atom. The fraction of sp³-hybridized carbons (Fsp3) is 0.545. The third-order valence-corrected chi connectivity index (χ3v) is 5.61. The van der Waals surface area contributed by atoms with Gasteiger partial charge in [0.05, 0.1) is 11.6 Å². The van der Waals surface area contributed by atoms with Crippen molar-refractivity contribution in [3.05, 3.63) is 35.4 Å². The van der Waals surface area contributed by atoms with Crippen LogP contribution in [0.5, 0.6) is 0 Å². The van der Waals surface area contributed by atoms with E-state index in [0.29, 0.717) is 0 Å². The maximum Gasteiger partial charge on any atom is 0.165 e. The lowest BCUT2D eigenvalue weighted by molar-refractivity contribution is 0.0792. The Balaban J connectivity index is 1.79. The highest BCUT2D eigenvalue weighted by Crippen LogP contribution is 2.29. The Bertz CT molecular complexity index is 783. The summed E-state index contributed by atoms with van der Waals surface area (Å²) in [5.74, 6) is 1.31. The number of anilines is 1. The zero-order chi connectivity index (χ0) is 18.7. The highest BCUT2D eigenvalue weighted by atomic mass is 16.5. The zero-order valence-electron chi connectivity index (χ0n) is 16.4. The van der Waals surface area contributed by atoms with E-state index in [0.717, 1.165) is 60.9 Å². The normalized spacial score (nSPS) is 16.4. The van der Waals surface area contributed by atoms with E-state index in [1.54, 1.807) is 7.11 Å². The van der Waals surface area contributed by atoms with Crippen LogP contribution in [0.3, 0.4) is 0 Å². The number of hydrogen-bond donors (Lipinski definition) is 0. The number of pyridine rings is 1. The Hall–Kier alpha value is -1.94. The summed E-state index contributed by atoms with van der Waals surface area (Å²) in [5, 5.41) is 1.07. The minimum absolute atomic E-state index is 0.00775. The molecule has 2 aromatic rings. The molecule has 0 spiro atoms. The van der Waals surface area contributed by atoms with Crippen LogP contribution in [0.2, 0.25) is 0 Å². The molecule has 0 saturated heterocycles. The molecule has 0 radical (unpaired) electrons. The Kier molecular flexibility index (Phi) is 5.92. The van der Waals surface area contributed by atoms with Crippen LogP contribution in [0.4, 0.5) is 5.82 Å².